The Morgan fingerprint density at radius 3 is 2.47 bits per heavy atom. The van der Waals surface area contributed by atoms with E-state index in [1.54, 1.807) is 30.3 Å². The summed E-state index contributed by atoms with van der Waals surface area (Å²) in [5.74, 6) is -0.381. The lowest BCUT2D eigenvalue weighted by atomic mass is 9.79. The molecule has 7 heteroatoms. The minimum absolute atomic E-state index is 0.0383. The van der Waals surface area contributed by atoms with Gasteiger partial charge in [-0.2, -0.15) is 0 Å². The molecule has 2 aromatic rings. The molecular weight excluding hydrogens is 430 g/mol. The molecule has 178 valence electrons. The molecule has 1 fully saturated rings. The van der Waals surface area contributed by atoms with Crippen LogP contribution in [0.4, 0.5) is 16.2 Å². The molecule has 0 aliphatic carbocycles. The first kappa shape index (κ1) is 23.5. The number of rotatable bonds is 4. The third-order valence-corrected chi connectivity index (χ3v) is 6.83. The number of barbiturate groups is 1. The molecule has 4 rings (SSSR count). The normalized spacial score (nSPS) is 20.9. The lowest BCUT2D eigenvalue weighted by Gasteiger charge is -2.45. The first-order valence-corrected chi connectivity index (χ1v) is 11.6. The number of hydrogen-bond acceptors (Lipinski definition) is 5. The van der Waals surface area contributed by atoms with Gasteiger partial charge in [0.25, 0.3) is 11.8 Å². The van der Waals surface area contributed by atoms with E-state index in [0.29, 0.717) is 24.0 Å². The highest BCUT2D eigenvalue weighted by Gasteiger charge is 2.38. The topological polar surface area (TPSA) is 79.0 Å². The van der Waals surface area contributed by atoms with E-state index in [-0.39, 0.29) is 11.1 Å². The maximum Gasteiger partial charge on any atom is 0.335 e. The van der Waals surface area contributed by atoms with Crippen LogP contribution in [0, 0.1) is 6.92 Å². The van der Waals surface area contributed by atoms with Crippen LogP contribution in [-0.2, 0) is 9.59 Å². The van der Waals surface area contributed by atoms with Gasteiger partial charge < -0.3 is 9.64 Å². The second kappa shape index (κ2) is 8.63. The van der Waals surface area contributed by atoms with Crippen LogP contribution in [0.3, 0.4) is 0 Å². The number of carbonyl (C=O) groups is 3. The van der Waals surface area contributed by atoms with Gasteiger partial charge in [-0.25, -0.2) is 9.69 Å². The Hall–Kier alpha value is -3.61. The van der Waals surface area contributed by atoms with Crippen LogP contribution in [0.25, 0.3) is 6.08 Å². The average molecular weight is 462 g/mol. The summed E-state index contributed by atoms with van der Waals surface area (Å²) in [6, 6.07) is 10.0. The lowest BCUT2D eigenvalue weighted by molar-refractivity contribution is -0.122. The van der Waals surface area contributed by atoms with Gasteiger partial charge in [-0.15, -0.1) is 0 Å². The predicted octanol–water partition coefficient (Wildman–Crippen LogP) is 4.78. The van der Waals surface area contributed by atoms with Gasteiger partial charge in [-0.1, -0.05) is 6.92 Å². The van der Waals surface area contributed by atoms with Crippen molar-refractivity contribution in [1.82, 2.24) is 5.32 Å². The third-order valence-electron chi connectivity index (χ3n) is 6.83. The number of urea groups is 1. The molecule has 1 saturated heterocycles. The molecule has 1 atom stereocenters. The Morgan fingerprint density at radius 1 is 1.15 bits per heavy atom. The van der Waals surface area contributed by atoms with Crippen LogP contribution >= 0.6 is 0 Å². The second-order valence-corrected chi connectivity index (χ2v) is 9.63. The third kappa shape index (κ3) is 4.06. The van der Waals surface area contributed by atoms with E-state index in [4.69, 9.17) is 4.74 Å². The molecule has 7 nitrogen and oxygen atoms in total. The van der Waals surface area contributed by atoms with E-state index in [1.165, 1.54) is 5.56 Å². The van der Waals surface area contributed by atoms with Gasteiger partial charge in [0, 0.05) is 18.3 Å². The van der Waals surface area contributed by atoms with E-state index in [9.17, 15) is 14.4 Å². The van der Waals surface area contributed by atoms with Gasteiger partial charge in [-0.3, -0.25) is 14.9 Å². The number of imide groups is 2. The molecule has 0 radical (unpaired) electrons. The van der Waals surface area contributed by atoms with Crippen molar-refractivity contribution >= 4 is 35.3 Å². The molecule has 2 aliphatic rings. The van der Waals surface area contributed by atoms with E-state index in [0.717, 1.165) is 28.1 Å². The van der Waals surface area contributed by atoms with Gasteiger partial charge >= 0.3 is 6.03 Å². The van der Waals surface area contributed by atoms with Gasteiger partial charge in [0.2, 0.25) is 0 Å². The molecule has 0 spiro atoms. The number of anilines is 2. The number of nitrogens with zero attached hydrogens (tertiary/aromatic N) is 2. The van der Waals surface area contributed by atoms with Crippen molar-refractivity contribution in [3.8, 4) is 5.75 Å². The quantitative estimate of drug-likeness (QED) is 0.524. The first-order chi connectivity index (χ1) is 16.0. The Balaban J connectivity index is 1.72. The van der Waals surface area contributed by atoms with E-state index in [1.807, 2.05) is 13.8 Å². The second-order valence-electron chi connectivity index (χ2n) is 9.63. The number of ether oxygens (including phenoxy) is 1. The van der Waals surface area contributed by atoms with Gasteiger partial charge in [0.15, 0.2) is 0 Å². The molecular formula is C27H31N3O4. The molecule has 2 aromatic carbocycles. The van der Waals surface area contributed by atoms with E-state index < -0.39 is 17.8 Å². The molecule has 0 bridgehead atoms. The summed E-state index contributed by atoms with van der Waals surface area (Å²) in [4.78, 5) is 41.8. The first-order valence-electron chi connectivity index (χ1n) is 11.6. The zero-order chi connectivity index (χ0) is 24.8. The Labute approximate surface area is 200 Å². The number of carbonyl (C=O) groups excluding carboxylic acids is 3. The number of amides is 4. The summed E-state index contributed by atoms with van der Waals surface area (Å²) in [6.45, 7) is 11.0. The van der Waals surface area contributed by atoms with Crippen molar-refractivity contribution < 1.29 is 19.1 Å². The number of hydrogen-bond donors (Lipinski definition) is 1. The summed E-state index contributed by atoms with van der Waals surface area (Å²) in [7, 11) is 2.10. The van der Waals surface area contributed by atoms with Gasteiger partial charge in [0.05, 0.1) is 12.3 Å². The molecule has 1 N–H and O–H groups in total. The maximum absolute atomic E-state index is 13.3. The molecule has 2 aliphatic heterocycles. The lowest BCUT2D eigenvalue weighted by Crippen LogP contribution is -2.54. The van der Waals surface area contributed by atoms with Crippen molar-refractivity contribution in [2.45, 2.75) is 52.5 Å². The molecule has 0 aromatic heterocycles. The number of fused-ring (bicyclic) bond motifs is 1. The minimum atomic E-state index is -0.768. The summed E-state index contributed by atoms with van der Waals surface area (Å²) in [5.41, 5.74) is 4.41. The van der Waals surface area contributed by atoms with Crippen molar-refractivity contribution in [2.75, 3.05) is 23.5 Å². The highest BCUT2D eigenvalue weighted by atomic mass is 16.5. The number of aryl methyl sites for hydroxylation is 1. The Bertz CT molecular complexity index is 1200. The summed E-state index contributed by atoms with van der Waals surface area (Å²) < 4.78 is 5.43. The number of benzene rings is 2. The van der Waals surface area contributed by atoms with E-state index in [2.05, 4.69) is 50.2 Å². The van der Waals surface area contributed by atoms with Crippen LogP contribution in [0.2, 0.25) is 0 Å². The SMILES string of the molecule is CCOc1ccc(N2C(=O)NC(=O)/C(=C\c3cc4c(cc3C)N(C)C(C)(C)C[C@H]4C)C2=O)cc1. The Kier molecular flexibility index (Phi) is 5.98. The standard InChI is InChI=1S/C27H31N3O4/c1-7-34-20-10-8-19(9-11-20)30-25(32)22(24(31)28-26(30)33)14-18-13-21-17(3)15-27(4,5)29(6)23(21)12-16(18)2/h8-14,17H,7,15H2,1-6H3,(H,28,31,33)/b22-14+/t17-/m1/s1. The summed E-state index contributed by atoms with van der Waals surface area (Å²) >= 11 is 0. The van der Waals surface area contributed by atoms with Crippen LogP contribution in [0.5, 0.6) is 5.75 Å². The van der Waals surface area contributed by atoms with Crippen LogP contribution in [-0.4, -0.2) is 37.0 Å². The van der Waals surface area contributed by atoms with Crippen molar-refractivity contribution in [3.63, 3.8) is 0 Å². The minimum Gasteiger partial charge on any atom is -0.494 e. The smallest absolute Gasteiger partial charge is 0.335 e. The van der Waals surface area contributed by atoms with Gasteiger partial charge in [-0.05, 0) is 99.2 Å². The average Bonchev–Trinajstić information content (AvgIpc) is 2.76. The van der Waals surface area contributed by atoms with E-state index >= 15 is 0 Å². The summed E-state index contributed by atoms with van der Waals surface area (Å²) in [5, 5.41) is 2.30. The fourth-order valence-electron chi connectivity index (χ4n) is 4.80. The molecule has 0 saturated carbocycles. The maximum atomic E-state index is 13.3. The molecule has 0 unspecified atom stereocenters. The van der Waals surface area contributed by atoms with Crippen LogP contribution in [0.15, 0.2) is 42.0 Å². The zero-order valence-corrected chi connectivity index (χ0v) is 20.6. The zero-order valence-electron chi connectivity index (χ0n) is 20.6. The largest absolute Gasteiger partial charge is 0.494 e. The van der Waals surface area contributed by atoms with Crippen LogP contribution in [0.1, 0.15) is 56.7 Å². The van der Waals surface area contributed by atoms with Crippen LogP contribution < -0.4 is 19.9 Å². The molecule has 2 heterocycles. The summed E-state index contributed by atoms with van der Waals surface area (Å²) in [6.07, 6.45) is 2.59. The molecule has 34 heavy (non-hydrogen) atoms. The highest BCUT2D eigenvalue weighted by molar-refractivity contribution is 6.39. The Morgan fingerprint density at radius 2 is 1.82 bits per heavy atom. The fourth-order valence-corrected chi connectivity index (χ4v) is 4.80. The van der Waals surface area contributed by atoms with Crippen molar-refractivity contribution in [3.05, 3.63) is 58.7 Å². The van der Waals surface area contributed by atoms with Crippen molar-refractivity contribution in [1.29, 1.82) is 0 Å². The number of nitrogens with one attached hydrogen (secondary N) is 1. The highest BCUT2D eigenvalue weighted by Crippen LogP contribution is 2.43. The predicted molar refractivity (Wildman–Crippen MR) is 133 cm³/mol. The molecule has 4 amide bonds. The van der Waals surface area contributed by atoms with Crippen molar-refractivity contribution in [2.24, 2.45) is 0 Å². The fraction of sp³-hybridized carbons (Fsp3) is 0.370. The monoisotopic (exact) mass is 461 g/mol. The van der Waals surface area contributed by atoms with Gasteiger partial charge in [0.1, 0.15) is 11.3 Å².